The van der Waals surface area contributed by atoms with Crippen molar-refractivity contribution in [3.8, 4) is 0 Å². The van der Waals surface area contributed by atoms with Crippen molar-refractivity contribution in [2.45, 2.75) is 37.6 Å². The molecule has 1 fully saturated rings. The molecule has 1 aliphatic rings. The number of carbonyl (C=O) groups is 1. The Kier molecular flexibility index (Phi) is 3.66. The van der Waals surface area contributed by atoms with Crippen LogP contribution in [0.25, 0.3) is 0 Å². The summed E-state index contributed by atoms with van der Waals surface area (Å²) in [6.45, 7) is 1.87. The SMILES string of the molecule is C[C@H](CCO)NC(=O)C1(c2ccccc2F)CC1. The summed E-state index contributed by atoms with van der Waals surface area (Å²) in [5, 5.41) is 11.7. The molecule has 0 saturated heterocycles. The van der Waals surface area contributed by atoms with E-state index in [0.717, 1.165) is 0 Å². The standard InChI is InChI=1S/C14H18FNO2/c1-10(6-9-17)16-13(18)14(7-8-14)11-4-2-3-5-12(11)15/h2-5,10,17H,6-9H2,1H3,(H,16,18)/t10-/m1/s1. The highest BCUT2D eigenvalue weighted by Gasteiger charge is 2.52. The number of aliphatic hydroxyl groups excluding tert-OH is 1. The molecule has 0 heterocycles. The van der Waals surface area contributed by atoms with Crippen molar-refractivity contribution in [3.63, 3.8) is 0 Å². The highest BCUT2D eigenvalue weighted by molar-refractivity contribution is 5.91. The van der Waals surface area contributed by atoms with Gasteiger partial charge in [0, 0.05) is 18.2 Å². The molecule has 4 heteroatoms. The molecule has 1 atom stereocenters. The lowest BCUT2D eigenvalue weighted by atomic mass is 9.94. The van der Waals surface area contributed by atoms with Crippen LogP contribution in [0, 0.1) is 5.82 Å². The average Bonchev–Trinajstić information content (AvgIpc) is 3.11. The summed E-state index contributed by atoms with van der Waals surface area (Å²) in [7, 11) is 0. The minimum absolute atomic E-state index is 0.0359. The van der Waals surface area contributed by atoms with E-state index in [1.807, 2.05) is 6.92 Å². The van der Waals surface area contributed by atoms with Gasteiger partial charge >= 0.3 is 0 Å². The zero-order valence-electron chi connectivity index (χ0n) is 10.4. The van der Waals surface area contributed by atoms with Crippen molar-refractivity contribution in [1.29, 1.82) is 0 Å². The number of carbonyl (C=O) groups excluding carboxylic acids is 1. The Labute approximate surface area is 106 Å². The second-order valence-corrected chi connectivity index (χ2v) is 4.95. The van der Waals surface area contributed by atoms with Crippen molar-refractivity contribution in [3.05, 3.63) is 35.6 Å². The van der Waals surface area contributed by atoms with Gasteiger partial charge in [-0.3, -0.25) is 4.79 Å². The van der Waals surface area contributed by atoms with Crippen LogP contribution in [0.1, 0.15) is 31.7 Å². The molecule has 0 aromatic heterocycles. The summed E-state index contributed by atoms with van der Waals surface area (Å²) in [6, 6.07) is 6.36. The zero-order chi connectivity index (χ0) is 13.2. The fourth-order valence-corrected chi connectivity index (χ4v) is 2.22. The number of hydrogen-bond acceptors (Lipinski definition) is 2. The fourth-order valence-electron chi connectivity index (χ4n) is 2.22. The predicted molar refractivity (Wildman–Crippen MR) is 66.6 cm³/mol. The molecule has 0 bridgehead atoms. The number of halogens is 1. The van der Waals surface area contributed by atoms with Crippen molar-refractivity contribution in [1.82, 2.24) is 5.32 Å². The molecule has 1 amide bonds. The fraction of sp³-hybridized carbons (Fsp3) is 0.500. The van der Waals surface area contributed by atoms with Gasteiger partial charge in [-0.2, -0.15) is 0 Å². The summed E-state index contributed by atoms with van der Waals surface area (Å²) in [4.78, 5) is 12.2. The molecule has 1 saturated carbocycles. The molecule has 1 aromatic carbocycles. The van der Waals surface area contributed by atoms with Crippen LogP contribution in [0.15, 0.2) is 24.3 Å². The number of rotatable bonds is 5. The van der Waals surface area contributed by atoms with Gasteiger partial charge in [0.15, 0.2) is 0 Å². The smallest absolute Gasteiger partial charge is 0.230 e. The Bertz CT molecular complexity index is 443. The molecule has 3 nitrogen and oxygen atoms in total. The third-order valence-electron chi connectivity index (χ3n) is 3.51. The van der Waals surface area contributed by atoms with E-state index >= 15 is 0 Å². The van der Waals surface area contributed by atoms with Gasteiger partial charge in [0.05, 0.1) is 5.41 Å². The number of amides is 1. The van der Waals surface area contributed by atoms with Crippen molar-refractivity contribution >= 4 is 5.91 Å². The largest absolute Gasteiger partial charge is 0.396 e. The maximum Gasteiger partial charge on any atom is 0.230 e. The van der Waals surface area contributed by atoms with Gasteiger partial charge in [0.25, 0.3) is 0 Å². The van der Waals surface area contributed by atoms with Gasteiger partial charge < -0.3 is 10.4 Å². The first-order valence-electron chi connectivity index (χ1n) is 6.27. The van der Waals surface area contributed by atoms with E-state index in [2.05, 4.69) is 5.32 Å². The quantitative estimate of drug-likeness (QED) is 0.837. The summed E-state index contributed by atoms with van der Waals surface area (Å²) in [5.74, 6) is -0.450. The van der Waals surface area contributed by atoms with E-state index < -0.39 is 5.41 Å². The van der Waals surface area contributed by atoms with E-state index in [4.69, 9.17) is 5.11 Å². The third kappa shape index (κ3) is 2.38. The van der Waals surface area contributed by atoms with Crippen molar-refractivity contribution < 1.29 is 14.3 Å². The summed E-state index contributed by atoms with van der Waals surface area (Å²) in [6.07, 6.45) is 1.89. The average molecular weight is 251 g/mol. The van der Waals surface area contributed by atoms with Crippen LogP contribution in [0.4, 0.5) is 4.39 Å². The number of nitrogens with one attached hydrogen (secondary N) is 1. The topological polar surface area (TPSA) is 49.3 Å². The molecule has 0 unspecified atom stereocenters. The molecule has 0 aliphatic heterocycles. The Morgan fingerprint density at radius 2 is 2.17 bits per heavy atom. The first-order valence-corrected chi connectivity index (χ1v) is 6.27. The lowest BCUT2D eigenvalue weighted by Crippen LogP contribution is -2.40. The maximum absolute atomic E-state index is 13.8. The highest BCUT2D eigenvalue weighted by atomic mass is 19.1. The van der Waals surface area contributed by atoms with Crippen LogP contribution in [0.3, 0.4) is 0 Å². The monoisotopic (exact) mass is 251 g/mol. The summed E-state index contributed by atoms with van der Waals surface area (Å²) < 4.78 is 13.8. The first-order chi connectivity index (χ1) is 8.60. The van der Waals surface area contributed by atoms with Crippen LogP contribution in [0.5, 0.6) is 0 Å². The molecule has 0 radical (unpaired) electrons. The minimum atomic E-state index is -0.685. The van der Waals surface area contributed by atoms with E-state index in [1.54, 1.807) is 18.2 Å². The van der Waals surface area contributed by atoms with Gasteiger partial charge in [-0.25, -0.2) is 4.39 Å². The minimum Gasteiger partial charge on any atom is -0.396 e. The normalized spacial score (nSPS) is 18.2. The highest BCUT2D eigenvalue weighted by Crippen LogP contribution is 2.49. The molecule has 18 heavy (non-hydrogen) atoms. The molecular weight excluding hydrogens is 233 g/mol. The molecule has 2 rings (SSSR count). The van der Waals surface area contributed by atoms with Crippen LogP contribution in [0.2, 0.25) is 0 Å². The van der Waals surface area contributed by atoms with Gasteiger partial charge in [-0.05, 0) is 32.3 Å². The summed E-state index contributed by atoms with van der Waals surface area (Å²) >= 11 is 0. The lowest BCUT2D eigenvalue weighted by molar-refractivity contribution is -0.124. The van der Waals surface area contributed by atoms with Crippen LogP contribution < -0.4 is 5.32 Å². The zero-order valence-corrected chi connectivity index (χ0v) is 10.4. The maximum atomic E-state index is 13.8. The Morgan fingerprint density at radius 1 is 1.50 bits per heavy atom. The van der Waals surface area contributed by atoms with Crippen LogP contribution in [-0.4, -0.2) is 23.7 Å². The third-order valence-corrected chi connectivity index (χ3v) is 3.51. The van der Waals surface area contributed by atoms with E-state index in [-0.39, 0.29) is 24.4 Å². The van der Waals surface area contributed by atoms with E-state index in [9.17, 15) is 9.18 Å². The second kappa shape index (κ2) is 5.06. The number of benzene rings is 1. The number of aliphatic hydroxyl groups is 1. The van der Waals surface area contributed by atoms with E-state index in [0.29, 0.717) is 24.8 Å². The van der Waals surface area contributed by atoms with Crippen molar-refractivity contribution in [2.24, 2.45) is 0 Å². The molecule has 0 spiro atoms. The van der Waals surface area contributed by atoms with Crippen molar-refractivity contribution in [2.75, 3.05) is 6.61 Å². The second-order valence-electron chi connectivity index (χ2n) is 4.95. The van der Waals surface area contributed by atoms with Gasteiger partial charge in [-0.15, -0.1) is 0 Å². The van der Waals surface area contributed by atoms with Gasteiger partial charge in [-0.1, -0.05) is 18.2 Å². The molecule has 1 aliphatic carbocycles. The van der Waals surface area contributed by atoms with Gasteiger partial charge in [0.1, 0.15) is 5.82 Å². The van der Waals surface area contributed by atoms with Gasteiger partial charge in [0.2, 0.25) is 5.91 Å². The van der Waals surface area contributed by atoms with Crippen LogP contribution in [-0.2, 0) is 10.2 Å². The summed E-state index contributed by atoms with van der Waals surface area (Å²) in [5.41, 5.74) is -0.201. The first kappa shape index (κ1) is 13.0. The number of hydrogen-bond donors (Lipinski definition) is 2. The molecule has 1 aromatic rings. The molecule has 2 N–H and O–H groups in total. The molecular formula is C14H18FNO2. The van der Waals surface area contributed by atoms with Crippen LogP contribution >= 0.6 is 0 Å². The van der Waals surface area contributed by atoms with E-state index in [1.165, 1.54) is 6.07 Å². The Hall–Kier alpha value is -1.42. The Balaban J connectivity index is 2.13. The lowest BCUT2D eigenvalue weighted by Gasteiger charge is -2.20. The Morgan fingerprint density at radius 3 is 2.72 bits per heavy atom. The predicted octanol–water partition coefficient (Wildman–Crippen LogP) is 1.74. The molecule has 98 valence electrons.